The van der Waals surface area contributed by atoms with Gasteiger partial charge in [-0.15, -0.1) is 0 Å². The van der Waals surface area contributed by atoms with Gasteiger partial charge in [0.15, 0.2) is 0 Å². The molecule has 0 fully saturated rings. The van der Waals surface area contributed by atoms with Crippen molar-refractivity contribution in [3.63, 3.8) is 0 Å². The van der Waals surface area contributed by atoms with E-state index in [0.29, 0.717) is 5.56 Å². The number of allylic oxidation sites excluding steroid dienone is 1. The van der Waals surface area contributed by atoms with Crippen LogP contribution in [0, 0.1) is 0 Å². The van der Waals surface area contributed by atoms with Gasteiger partial charge in [-0.1, -0.05) is 71.8 Å². The Kier molecular flexibility index (Phi) is 11.1. The molecule has 0 saturated carbocycles. The summed E-state index contributed by atoms with van der Waals surface area (Å²) in [6.07, 6.45) is -6.97. The molecule has 200 valence electrons. The zero-order valence-electron chi connectivity index (χ0n) is 18.3. The molecule has 2 N–H and O–H groups in total. The van der Waals surface area contributed by atoms with E-state index >= 15 is 0 Å². The molecule has 0 radical (unpaired) electrons. The summed E-state index contributed by atoms with van der Waals surface area (Å²) in [5.41, 5.74) is 0.138. The Labute approximate surface area is 237 Å². The summed E-state index contributed by atoms with van der Waals surface area (Å²) in [7, 11) is 0. The Morgan fingerprint density at radius 2 is 1.68 bits per heavy atom. The van der Waals surface area contributed by atoms with Crippen LogP contribution < -0.4 is 10.6 Å². The van der Waals surface area contributed by atoms with Crippen LogP contribution in [-0.2, 0) is 0 Å². The van der Waals surface area contributed by atoms with Crippen molar-refractivity contribution >= 4 is 79.8 Å². The van der Waals surface area contributed by atoms with Crippen LogP contribution in [0.4, 0.5) is 26.3 Å². The number of carbonyl (C=O) groups excluding carboxylic acids is 1. The lowest BCUT2D eigenvalue weighted by molar-refractivity contribution is -0.139. The quantitative estimate of drug-likeness (QED) is 0.122. The van der Waals surface area contributed by atoms with Gasteiger partial charge in [0.25, 0.3) is 5.91 Å². The average Bonchev–Trinajstić information content (AvgIpc) is 2.75. The third-order valence-corrected chi connectivity index (χ3v) is 6.89. The van der Waals surface area contributed by atoms with E-state index in [9.17, 15) is 31.1 Å². The Morgan fingerprint density at radius 3 is 2.19 bits per heavy atom. The normalized spacial score (nSPS) is 13.0. The van der Waals surface area contributed by atoms with Crippen LogP contribution in [0.5, 0.6) is 0 Å². The van der Waals surface area contributed by atoms with Gasteiger partial charge in [0.1, 0.15) is 0 Å². The highest BCUT2D eigenvalue weighted by Crippen LogP contribution is 2.41. The van der Waals surface area contributed by atoms with Gasteiger partial charge in [0.2, 0.25) is 0 Å². The van der Waals surface area contributed by atoms with Crippen molar-refractivity contribution in [1.29, 1.82) is 0 Å². The smallest absolute Gasteiger partial charge is 0.321 e. The van der Waals surface area contributed by atoms with E-state index in [0.717, 1.165) is 18.2 Å². The molecule has 14 heteroatoms. The second kappa shape index (κ2) is 12.9. The molecular weight excluding hydrogens is 653 g/mol. The molecule has 2 aromatic rings. The van der Waals surface area contributed by atoms with Crippen molar-refractivity contribution < 1.29 is 31.1 Å². The maximum atomic E-state index is 13.7. The fourth-order valence-corrected chi connectivity index (χ4v) is 4.23. The summed E-state index contributed by atoms with van der Waals surface area (Å²) >= 11 is 25.7. The first-order valence-electron chi connectivity index (χ1n) is 9.99. The maximum absolute atomic E-state index is 13.7. The number of amides is 1. The minimum absolute atomic E-state index is 0.0334. The minimum Gasteiger partial charge on any atom is -0.321 e. The molecular formula is C23H16BrCl3F6N2OS. The Bertz CT molecular complexity index is 1210. The standard InChI is InChI=1S/C23H16BrCl3F6N2OS/c1-11(19(37)9-34-10-22(28,29)30)35-21(36)14-4-2-12(6-16(14)24)3-5-15(23(31,32)33)13-7-17(25)20(27)18(26)8-13/h2-8,15,34H,1,9-10H2,(H,35,36)/b5-3+. The van der Waals surface area contributed by atoms with E-state index in [1.165, 1.54) is 24.3 Å². The molecule has 1 unspecified atom stereocenters. The number of hydrogen-bond acceptors (Lipinski definition) is 3. The van der Waals surface area contributed by atoms with Gasteiger partial charge in [0, 0.05) is 16.7 Å². The summed E-state index contributed by atoms with van der Waals surface area (Å²) in [4.78, 5) is 12.5. The molecule has 1 atom stereocenters. The lowest BCUT2D eigenvalue weighted by Crippen LogP contribution is -2.35. The minimum atomic E-state index is -4.66. The van der Waals surface area contributed by atoms with Crippen LogP contribution >= 0.6 is 63.0 Å². The van der Waals surface area contributed by atoms with Crippen LogP contribution in [-0.4, -0.2) is 36.2 Å². The SMILES string of the molecule is C=C(NC(=O)c1ccc(/C=C/C(c2cc(Cl)c(Cl)c(Cl)c2)C(F)(F)F)cc1Br)C(=S)CNCC(F)(F)F. The van der Waals surface area contributed by atoms with Gasteiger partial charge in [-0.25, -0.2) is 0 Å². The highest BCUT2D eigenvalue weighted by Gasteiger charge is 2.39. The first kappa shape index (κ1) is 31.6. The predicted octanol–water partition coefficient (Wildman–Crippen LogP) is 8.53. The van der Waals surface area contributed by atoms with Crippen LogP contribution in [0.3, 0.4) is 0 Å². The van der Waals surface area contributed by atoms with Crippen molar-refractivity contribution in [2.24, 2.45) is 0 Å². The molecule has 37 heavy (non-hydrogen) atoms. The fourth-order valence-electron chi connectivity index (χ4n) is 2.89. The van der Waals surface area contributed by atoms with Gasteiger partial charge in [0.05, 0.1) is 38.0 Å². The van der Waals surface area contributed by atoms with Crippen molar-refractivity contribution in [3.05, 3.63) is 84.9 Å². The highest BCUT2D eigenvalue weighted by molar-refractivity contribution is 9.10. The zero-order valence-corrected chi connectivity index (χ0v) is 23.0. The molecule has 0 aromatic heterocycles. The van der Waals surface area contributed by atoms with E-state index in [2.05, 4.69) is 33.1 Å². The summed E-state index contributed by atoms with van der Waals surface area (Å²) in [6.45, 7) is 1.95. The highest BCUT2D eigenvalue weighted by atomic mass is 79.9. The lowest BCUT2D eigenvalue weighted by atomic mass is 9.97. The molecule has 3 nitrogen and oxygen atoms in total. The van der Waals surface area contributed by atoms with Crippen LogP contribution in [0.25, 0.3) is 6.08 Å². The summed E-state index contributed by atoms with van der Waals surface area (Å²) in [5, 5.41) is 4.17. The Morgan fingerprint density at radius 1 is 1.08 bits per heavy atom. The molecule has 0 aliphatic heterocycles. The third kappa shape index (κ3) is 9.56. The second-order valence-electron chi connectivity index (χ2n) is 7.49. The molecule has 1 amide bonds. The van der Waals surface area contributed by atoms with Crippen LogP contribution in [0.15, 0.2) is 53.2 Å². The number of nitrogens with one attached hydrogen (secondary N) is 2. The van der Waals surface area contributed by atoms with E-state index in [-0.39, 0.29) is 47.8 Å². The summed E-state index contributed by atoms with van der Waals surface area (Å²) in [5.74, 6) is -2.72. The van der Waals surface area contributed by atoms with E-state index in [1.807, 2.05) is 0 Å². The van der Waals surface area contributed by atoms with Crippen molar-refractivity contribution in [2.75, 3.05) is 13.1 Å². The van der Waals surface area contributed by atoms with Crippen LogP contribution in [0.1, 0.15) is 27.4 Å². The topological polar surface area (TPSA) is 41.1 Å². The predicted molar refractivity (Wildman–Crippen MR) is 142 cm³/mol. The number of benzene rings is 2. The van der Waals surface area contributed by atoms with Crippen molar-refractivity contribution in [2.45, 2.75) is 18.3 Å². The number of halogens is 10. The Balaban J connectivity index is 2.15. The molecule has 0 saturated heterocycles. The fraction of sp³-hybridized carbons (Fsp3) is 0.217. The molecule has 2 rings (SSSR count). The second-order valence-corrected chi connectivity index (χ2v) is 10.0. The van der Waals surface area contributed by atoms with Gasteiger partial charge in [-0.05, 0) is 51.3 Å². The van der Waals surface area contributed by atoms with E-state index < -0.39 is 30.7 Å². The third-order valence-electron chi connectivity index (χ3n) is 4.65. The monoisotopic (exact) mass is 666 g/mol. The molecule has 0 bridgehead atoms. The van der Waals surface area contributed by atoms with Crippen molar-refractivity contribution in [1.82, 2.24) is 10.6 Å². The van der Waals surface area contributed by atoms with Crippen molar-refractivity contribution in [3.8, 4) is 0 Å². The van der Waals surface area contributed by atoms with Crippen LogP contribution in [0.2, 0.25) is 15.1 Å². The molecule has 0 heterocycles. The molecule has 2 aromatic carbocycles. The van der Waals surface area contributed by atoms with Gasteiger partial charge >= 0.3 is 12.4 Å². The molecule has 0 spiro atoms. The maximum Gasteiger partial charge on any atom is 0.401 e. The van der Waals surface area contributed by atoms with Gasteiger partial charge in [-0.3, -0.25) is 4.79 Å². The largest absolute Gasteiger partial charge is 0.401 e. The number of carbonyl (C=O) groups is 1. The summed E-state index contributed by atoms with van der Waals surface area (Å²) < 4.78 is 78.1. The van der Waals surface area contributed by atoms with E-state index in [1.54, 1.807) is 0 Å². The Hall–Kier alpha value is -1.63. The summed E-state index contributed by atoms with van der Waals surface area (Å²) in [6, 6.07) is 6.31. The first-order valence-corrected chi connectivity index (χ1v) is 12.3. The number of alkyl halides is 6. The van der Waals surface area contributed by atoms with E-state index in [4.69, 9.17) is 47.0 Å². The lowest BCUT2D eigenvalue weighted by Gasteiger charge is -2.18. The number of hydrogen-bond donors (Lipinski definition) is 2. The number of rotatable bonds is 9. The molecule has 0 aliphatic rings. The van der Waals surface area contributed by atoms with Gasteiger partial charge < -0.3 is 10.6 Å². The molecule has 0 aliphatic carbocycles. The zero-order chi connectivity index (χ0) is 28.1. The average molecular weight is 669 g/mol. The number of thiocarbonyl (C=S) groups is 1. The van der Waals surface area contributed by atoms with Gasteiger partial charge in [-0.2, -0.15) is 26.3 Å². The first-order chi connectivity index (χ1) is 17.0.